The summed E-state index contributed by atoms with van der Waals surface area (Å²) in [6, 6.07) is 10.4. The molecule has 132 valence electrons. The lowest BCUT2D eigenvalue weighted by atomic mass is 10.2. The molecule has 0 saturated heterocycles. The maximum absolute atomic E-state index is 12.1. The molecule has 1 amide bonds. The molecule has 0 bridgehead atoms. The molecule has 4 rings (SSSR count). The zero-order valence-electron chi connectivity index (χ0n) is 13.7. The normalized spacial score (nSPS) is 12.9. The van der Waals surface area contributed by atoms with Crippen molar-refractivity contribution in [2.75, 3.05) is 26.7 Å². The highest BCUT2D eigenvalue weighted by Crippen LogP contribution is 2.35. The Morgan fingerprint density at radius 1 is 0.923 bits per heavy atom. The molecule has 2 aliphatic heterocycles. The molecule has 0 spiro atoms. The van der Waals surface area contributed by atoms with Crippen molar-refractivity contribution in [1.29, 1.82) is 0 Å². The van der Waals surface area contributed by atoms with E-state index in [0.717, 1.165) is 0 Å². The maximum Gasteiger partial charge on any atom is 0.252 e. The number of hydrogen-bond donors (Lipinski definition) is 1. The Labute approximate surface area is 149 Å². The van der Waals surface area contributed by atoms with Crippen molar-refractivity contribution < 1.29 is 28.5 Å². The fraction of sp³-hybridized carbons (Fsp3) is 0.211. The second-order valence-corrected chi connectivity index (χ2v) is 5.41. The number of fused-ring (bicyclic) bond motifs is 2. The Balaban J connectivity index is 1.23. The summed E-state index contributed by atoms with van der Waals surface area (Å²) in [5.41, 5.74) is 0.493. The van der Waals surface area contributed by atoms with E-state index in [4.69, 9.17) is 23.7 Å². The van der Waals surface area contributed by atoms with Gasteiger partial charge in [-0.3, -0.25) is 4.79 Å². The summed E-state index contributed by atoms with van der Waals surface area (Å²) in [6.07, 6.45) is 0. The zero-order valence-corrected chi connectivity index (χ0v) is 13.7. The van der Waals surface area contributed by atoms with Crippen molar-refractivity contribution in [3.63, 3.8) is 0 Å². The number of ether oxygens (including phenoxy) is 5. The third kappa shape index (κ3) is 3.44. The molecular weight excluding hydrogens is 338 g/mol. The number of amides is 1. The molecule has 0 atom stereocenters. The fourth-order valence-electron chi connectivity index (χ4n) is 2.46. The molecule has 0 unspecified atom stereocenters. The van der Waals surface area contributed by atoms with E-state index in [-0.39, 0.29) is 32.6 Å². The minimum atomic E-state index is -0.228. The van der Waals surface area contributed by atoms with Crippen molar-refractivity contribution in [3.8, 4) is 40.6 Å². The van der Waals surface area contributed by atoms with E-state index in [1.165, 1.54) is 0 Å². The van der Waals surface area contributed by atoms with Crippen LogP contribution in [0.4, 0.5) is 0 Å². The summed E-state index contributed by atoms with van der Waals surface area (Å²) < 4.78 is 26.5. The summed E-state index contributed by atoms with van der Waals surface area (Å²) in [7, 11) is 0. The topological polar surface area (TPSA) is 75.3 Å². The Kier molecular flexibility index (Phi) is 4.39. The van der Waals surface area contributed by atoms with Crippen LogP contribution < -0.4 is 29.0 Å². The highest BCUT2D eigenvalue weighted by atomic mass is 16.7. The van der Waals surface area contributed by atoms with Crippen LogP contribution in [0, 0.1) is 11.8 Å². The Morgan fingerprint density at radius 2 is 1.62 bits per heavy atom. The first-order chi connectivity index (χ1) is 12.8. The molecule has 7 nitrogen and oxygen atoms in total. The van der Waals surface area contributed by atoms with E-state index < -0.39 is 0 Å². The van der Waals surface area contributed by atoms with Gasteiger partial charge in [-0.15, -0.1) is 0 Å². The standard InChI is InChI=1S/C19H15NO6/c21-19(13-3-5-15-17(9-13)25-11-23-15)20-7-1-2-8-22-14-4-6-16-18(10-14)26-12-24-16/h3-6,9-10H,7-8,11-12H2,(H,20,21). The first-order valence-electron chi connectivity index (χ1n) is 7.95. The summed E-state index contributed by atoms with van der Waals surface area (Å²) in [4.78, 5) is 12.1. The van der Waals surface area contributed by atoms with Gasteiger partial charge in [0.1, 0.15) is 12.4 Å². The Bertz CT molecular complexity index is 899. The van der Waals surface area contributed by atoms with Gasteiger partial charge in [-0.1, -0.05) is 11.8 Å². The highest BCUT2D eigenvalue weighted by molar-refractivity contribution is 5.95. The number of hydrogen-bond acceptors (Lipinski definition) is 6. The van der Waals surface area contributed by atoms with Crippen LogP contribution in [0.1, 0.15) is 10.4 Å². The van der Waals surface area contributed by atoms with Gasteiger partial charge in [0.25, 0.3) is 5.91 Å². The molecule has 0 fully saturated rings. The number of benzene rings is 2. The summed E-state index contributed by atoms with van der Waals surface area (Å²) >= 11 is 0. The van der Waals surface area contributed by atoms with E-state index in [2.05, 4.69) is 17.2 Å². The van der Waals surface area contributed by atoms with E-state index in [0.29, 0.717) is 34.3 Å². The van der Waals surface area contributed by atoms with Gasteiger partial charge < -0.3 is 29.0 Å². The smallest absolute Gasteiger partial charge is 0.252 e. The second-order valence-electron chi connectivity index (χ2n) is 5.41. The average molecular weight is 353 g/mol. The van der Waals surface area contributed by atoms with Crippen LogP contribution in [-0.4, -0.2) is 32.6 Å². The van der Waals surface area contributed by atoms with E-state index in [1.54, 1.807) is 36.4 Å². The van der Waals surface area contributed by atoms with Gasteiger partial charge in [0, 0.05) is 11.6 Å². The fourth-order valence-corrected chi connectivity index (χ4v) is 2.46. The third-order valence-corrected chi connectivity index (χ3v) is 3.75. The predicted molar refractivity (Wildman–Crippen MR) is 90.7 cm³/mol. The molecule has 0 aliphatic carbocycles. The quantitative estimate of drug-likeness (QED) is 0.847. The van der Waals surface area contributed by atoms with Crippen LogP contribution in [-0.2, 0) is 0 Å². The SMILES string of the molecule is O=C(NCC#CCOc1ccc2c(c1)OCO2)c1ccc2c(c1)OCO2. The van der Waals surface area contributed by atoms with Crippen molar-refractivity contribution in [3.05, 3.63) is 42.0 Å². The molecule has 2 heterocycles. The summed E-state index contributed by atoms with van der Waals surface area (Å²) in [6.45, 7) is 0.828. The van der Waals surface area contributed by atoms with Gasteiger partial charge in [-0.25, -0.2) is 0 Å². The third-order valence-electron chi connectivity index (χ3n) is 3.75. The molecule has 0 saturated carbocycles. The number of nitrogens with one attached hydrogen (secondary N) is 1. The van der Waals surface area contributed by atoms with E-state index >= 15 is 0 Å². The maximum atomic E-state index is 12.1. The van der Waals surface area contributed by atoms with Gasteiger partial charge in [0.15, 0.2) is 23.0 Å². The van der Waals surface area contributed by atoms with E-state index in [1.807, 2.05) is 0 Å². The zero-order chi connectivity index (χ0) is 17.8. The lowest BCUT2D eigenvalue weighted by molar-refractivity contribution is 0.0958. The van der Waals surface area contributed by atoms with Crippen LogP contribution in [0.25, 0.3) is 0 Å². The lowest BCUT2D eigenvalue weighted by Gasteiger charge is -2.03. The largest absolute Gasteiger partial charge is 0.481 e. The summed E-state index contributed by atoms with van der Waals surface area (Å²) in [5, 5.41) is 2.72. The van der Waals surface area contributed by atoms with Crippen LogP contribution in [0.15, 0.2) is 36.4 Å². The molecule has 2 aromatic carbocycles. The van der Waals surface area contributed by atoms with Gasteiger partial charge in [-0.2, -0.15) is 0 Å². The van der Waals surface area contributed by atoms with Gasteiger partial charge in [0.05, 0.1) is 6.54 Å². The minimum Gasteiger partial charge on any atom is -0.481 e. The van der Waals surface area contributed by atoms with Gasteiger partial charge in [0.2, 0.25) is 13.6 Å². The van der Waals surface area contributed by atoms with Crippen LogP contribution >= 0.6 is 0 Å². The van der Waals surface area contributed by atoms with Crippen LogP contribution in [0.3, 0.4) is 0 Å². The Morgan fingerprint density at radius 3 is 2.42 bits per heavy atom. The van der Waals surface area contributed by atoms with E-state index in [9.17, 15) is 4.79 Å². The minimum absolute atomic E-state index is 0.176. The van der Waals surface area contributed by atoms with Crippen molar-refractivity contribution in [1.82, 2.24) is 5.32 Å². The van der Waals surface area contributed by atoms with Crippen molar-refractivity contribution in [2.24, 2.45) is 0 Å². The highest BCUT2D eigenvalue weighted by Gasteiger charge is 2.16. The number of carbonyl (C=O) groups is 1. The first kappa shape index (κ1) is 16.0. The van der Waals surface area contributed by atoms with Crippen LogP contribution in [0.5, 0.6) is 28.7 Å². The molecule has 26 heavy (non-hydrogen) atoms. The van der Waals surface area contributed by atoms with Gasteiger partial charge >= 0.3 is 0 Å². The number of rotatable bonds is 4. The summed E-state index contributed by atoms with van der Waals surface area (Å²) in [5.74, 6) is 8.68. The number of carbonyl (C=O) groups excluding carboxylic acids is 1. The Hall–Kier alpha value is -3.53. The molecular formula is C19H15NO6. The molecule has 7 heteroatoms. The average Bonchev–Trinajstić information content (AvgIpc) is 3.32. The second kappa shape index (κ2) is 7.15. The predicted octanol–water partition coefficient (Wildman–Crippen LogP) is 1.96. The monoisotopic (exact) mass is 353 g/mol. The van der Waals surface area contributed by atoms with Crippen molar-refractivity contribution >= 4 is 5.91 Å². The molecule has 2 aromatic rings. The van der Waals surface area contributed by atoms with Crippen molar-refractivity contribution in [2.45, 2.75) is 0 Å². The molecule has 0 radical (unpaired) electrons. The molecule has 0 aromatic heterocycles. The first-order valence-corrected chi connectivity index (χ1v) is 7.95. The lowest BCUT2D eigenvalue weighted by Crippen LogP contribution is -2.23. The molecule has 2 aliphatic rings. The molecule has 1 N–H and O–H groups in total. The van der Waals surface area contributed by atoms with Gasteiger partial charge in [-0.05, 0) is 30.3 Å². The van der Waals surface area contributed by atoms with Crippen LogP contribution in [0.2, 0.25) is 0 Å².